The molecule has 4 heteroatoms. The highest BCUT2D eigenvalue weighted by Gasteiger charge is 2.26. The number of fused-ring (bicyclic) bond motifs is 1. The molecule has 1 aromatic carbocycles. The monoisotopic (exact) mass is 243 g/mol. The second-order valence-electron chi connectivity index (χ2n) is 3.75. The van der Waals surface area contributed by atoms with E-state index in [-0.39, 0.29) is 18.6 Å². The molecule has 1 aliphatic rings. The van der Waals surface area contributed by atoms with Crippen LogP contribution in [0.5, 0.6) is 0 Å². The molecule has 2 nitrogen and oxygen atoms in total. The Morgan fingerprint density at radius 2 is 2.40 bits per heavy atom. The summed E-state index contributed by atoms with van der Waals surface area (Å²) in [7, 11) is 0. The number of rotatable bonds is 2. The van der Waals surface area contributed by atoms with Crippen LogP contribution in [-0.2, 0) is 0 Å². The average molecular weight is 244 g/mol. The third kappa shape index (κ3) is 2.16. The fourth-order valence-electron chi connectivity index (χ4n) is 1.99. The second kappa shape index (κ2) is 4.74. The molecule has 1 aliphatic heterocycles. The number of thioether (sulfide) groups is 1. The van der Waals surface area contributed by atoms with E-state index in [1.54, 1.807) is 11.8 Å². The predicted octanol–water partition coefficient (Wildman–Crippen LogP) is 2.24. The molecule has 0 spiro atoms. The van der Waals surface area contributed by atoms with Crippen molar-refractivity contribution < 1.29 is 5.11 Å². The van der Waals surface area contributed by atoms with Crippen molar-refractivity contribution in [2.45, 2.75) is 23.3 Å². The molecule has 2 rings (SSSR count). The van der Waals surface area contributed by atoms with Crippen LogP contribution in [0.4, 0.5) is 0 Å². The van der Waals surface area contributed by atoms with Crippen LogP contribution in [0.1, 0.15) is 17.9 Å². The van der Waals surface area contributed by atoms with Crippen LogP contribution in [-0.4, -0.2) is 23.5 Å². The molecule has 1 heterocycles. The van der Waals surface area contributed by atoms with E-state index < -0.39 is 0 Å². The summed E-state index contributed by atoms with van der Waals surface area (Å²) in [5.41, 5.74) is 7.10. The van der Waals surface area contributed by atoms with E-state index in [9.17, 15) is 0 Å². The Hall–Kier alpha value is -0.220. The molecule has 3 N–H and O–H groups in total. The fraction of sp³-hybridized carbons (Fsp3) is 0.455. The largest absolute Gasteiger partial charge is 0.395 e. The first kappa shape index (κ1) is 11.3. The Kier molecular flexibility index (Phi) is 3.57. The van der Waals surface area contributed by atoms with Crippen molar-refractivity contribution in [2.75, 3.05) is 12.4 Å². The zero-order valence-electron chi connectivity index (χ0n) is 8.32. The molecule has 0 saturated carbocycles. The summed E-state index contributed by atoms with van der Waals surface area (Å²) in [4.78, 5) is 1.14. The first-order valence-electron chi connectivity index (χ1n) is 5.01. The molecule has 2 atom stereocenters. The second-order valence-corrected chi connectivity index (χ2v) is 5.26. The maximum Gasteiger partial charge on any atom is 0.0588 e. The third-order valence-corrected chi connectivity index (χ3v) is 4.41. The minimum absolute atomic E-state index is 0.0291. The molecule has 15 heavy (non-hydrogen) atoms. The normalized spacial score (nSPS) is 22.2. The van der Waals surface area contributed by atoms with Gasteiger partial charge in [0.05, 0.1) is 11.6 Å². The van der Waals surface area contributed by atoms with Gasteiger partial charge < -0.3 is 10.8 Å². The first-order chi connectivity index (χ1) is 7.24. The highest BCUT2D eigenvalue weighted by Crippen LogP contribution is 2.42. The van der Waals surface area contributed by atoms with Gasteiger partial charge in [0.2, 0.25) is 0 Å². The average Bonchev–Trinajstić information content (AvgIpc) is 2.28. The number of nitrogens with two attached hydrogens (primary N) is 1. The smallest absolute Gasteiger partial charge is 0.0588 e. The van der Waals surface area contributed by atoms with Crippen LogP contribution in [0.3, 0.4) is 0 Å². The lowest BCUT2D eigenvalue weighted by molar-refractivity contribution is 0.246. The van der Waals surface area contributed by atoms with E-state index in [1.807, 2.05) is 12.1 Å². The van der Waals surface area contributed by atoms with Gasteiger partial charge in [-0.1, -0.05) is 23.7 Å². The molecule has 0 bridgehead atoms. The van der Waals surface area contributed by atoms with Crippen molar-refractivity contribution >= 4 is 23.4 Å². The number of aliphatic hydroxyl groups is 1. The van der Waals surface area contributed by atoms with E-state index in [4.69, 9.17) is 22.4 Å². The van der Waals surface area contributed by atoms with Gasteiger partial charge in [0, 0.05) is 16.9 Å². The summed E-state index contributed by atoms with van der Waals surface area (Å²) < 4.78 is 0. The van der Waals surface area contributed by atoms with E-state index in [2.05, 4.69) is 6.07 Å². The molecule has 0 saturated heterocycles. The van der Waals surface area contributed by atoms with E-state index in [1.165, 1.54) is 5.56 Å². The molecule has 2 unspecified atom stereocenters. The minimum atomic E-state index is -0.178. The van der Waals surface area contributed by atoms with Crippen LogP contribution >= 0.6 is 23.4 Å². The first-order valence-corrected chi connectivity index (χ1v) is 6.38. The summed E-state index contributed by atoms with van der Waals surface area (Å²) in [6.45, 7) is 0.0291. The van der Waals surface area contributed by atoms with Crippen LogP contribution in [0.15, 0.2) is 23.1 Å². The molecule has 0 aliphatic carbocycles. The van der Waals surface area contributed by atoms with Crippen molar-refractivity contribution in [2.24, 2.45) is 5.73 Å². The van der Waals surface area contributed by atoms with Gasteiger partial charge in [-0.2, -0.15) is 0 Å². The lowest BCUT2D eigenvalue weighted by Gasteiger charge is -2.29. The van der Waals surface area contributed by atoms with Gasteiger partial charge in [-0.25, -0.2) is 0 Å². The summed E-state index contributed by atoms with van der Waals surface area (Å²) in [5, 5.41) is 9.92. The van der Waals surface area contributed by atoms with Crippen LogP contribution < -0.4 is 5.73 Å². The Morgan fingerprint density at radius 1 is 1.60 bits per heavy atom. The van der Waals surface area contributed by atoms with Crippen molar-refractivity contribution in [3.8, 4) is 0 Å². The Bertz CT molecular complexity index is 358. The molecule has 0 fully saturated rings. The summed E-state index contributed by atoms with van der Waals surface area (Å²) in [6.07, 6.45) is 1.01. The summed E-state index contributed by atoms with van der Waals surface area (Å²) in [6, 6.07) is 5.74. The SMILES string of the molecule is NC(CO)C1CCSc2c(Cl)cccc21. The molecular formula is C11H14ClNOS. The highest BCUT2D eigenvalue weighted by molar-refractivity contribution is 7.99. The van der Waals surface area contributed by atoms with Crippen molar-refractivity contribution in [1.29, 1.82) is 0 Å². The maximum absolute atomic E-state index is 9.12. The molecule has 1 aromatic rings. The lowest BCUT2D eigenvalue weighted by atomic mass is 9.89. The van der Waals surface area contributed by atoms with E-state index in [0.717, 1.165) is 22.1 Å². The van der Waals surface area contributed by atoms with E-state index >= 15 is 0 Å². The predicted molar refractivity (Wildman–Crippen MR) is 64.6 cm³/mol. The number of hydrogen-bond donors (Lipinski definition) is 2. The van der Waals surface area contributed by atoms with Gasteiger partial charge in [0.15, 0.2) is 0 Å². The van der Waals surface area contributed by atoms with Gasteiger partial charge >= 0.3 is 0 Å². The Labute approximate surface area is 98.8 Å². The molecule has 82 valence electrons. The fourth-order valence-corrected chi connectivity index (χ4v) is 3.50. The van der Waals surface area contributed by atoms with Gasteiger partial charge in [0.25, 0.3) is 0 Å². The van der Waals surface area contributed by atoms with Gasteiger partial charge in [-0.05, 0) is 23.8 Å². The van der Waals surface area contributed by atoms with Crippen LogP contribution in [0, 0.1) is 0 Å². The zero-order valence-corrected chi connectivity index (χ0v) is 9.89. The molecule has 0 amide bonds. The minimum Gasteiger partial charge on any atom is -0.395 e. The Balaban J connectivity index is 2.38. The molecule has 0 aromatic heterocycles. The third-order valence-electron chi connectivity index (χ3n) is 2.80. The van der Waals surface area contributed by atoms with Gasteiger partial charge in [-0.15, -0.1) is 11.8 Å². The van der Waals surface area contributed by atoms with Crippen molar-refractivity contribution in [3.05, 3.63) is 28.8 Å². The Morgan fingerprint density at radius 3 is 3.13 bits per heavy atom. The number of halogens is 1. The van der Waals surface area contributed by atoms with Crippen molar-refractivity contribution in [3.63, 3.8) is 0 Å². The van der Waals surface area contributed by atoms with Gasteiger partial charge in [0.1, 0.15) is 0 Å². The van der Waals surface area contributed by atoms with Crippen LogP contribution in [0.25, 0.3) is 0 Å². The standard InChI is InChI=1S/C11H14ClNOS/c12-9-3-1-2-8-7(10(13)6-14)4-5-15-11(8)9/h1-3,7,10,14H,4-6,13H2. The maximum atomic E-state index is 9.12. The van der Waals surface area contributed by atoms with Crippen molar-refractivity contribution in [1.82, 2.24) is 0 Å². The van der Waals surface area contributed by atoms with Gasteiger partial charge in [-0.3, -0.25) is 0 Å². The van der Waals surface area contributed by atoms with Crippen LogP contribution in [0.2, 0.25) is 5.02 Å². The summed E-state index contributed by atoms with van der Waals surface area (Å²) in [5.74, 6) is 1.26. The quantitative estimate of drug-likeness (QED) is 0.838. The number of benzene rings is 1. The lowest BCUT2D eigenvalue weighted by Crippen LogP contribution is -2.33. The van der Waals surface area contributed by atoms with E-state index in [0.29, 0.717) is 0 Å². The molecular weight excluding hydrogens is 230 g/mol. The summed E-state index contributed by atoms with van der Waals surface area (Å²) >= 11 is 7.91. The topological polar surface area (TPSA) is 46.2 Å². The zero-order chi connectivity index (χ0) is 10.8. The number of hydrogen-bond acceptors (Lipinski definition) is 3. The number of aliphatic hydroxyl groups excluding tert-OH is 1. The highest BCUT2D eigenvalue weighted by atomic mass is 35.5. The molecule has 0 radical (unpaired) electrons.